The molecule has 1 fully saturated rings. The van der Waals surface area contributed by atoms with Crippen molar-refractivity contribution in [1.29, 1.82) is 0 Å². The van der Waals surface area contributed by atoms with Crippen LogP contribution in [0.15, 0.2) is 54.6 Å². The van der Waals surface area contributed by atoms with Gasteiger partial charge in [0.2, 0.25) is 0 Å². The van der Waals surface area contributed by atoms with Crippen LogP contribution in [0.25, 0.3) is 4.85 Å². The van der Waals surface area contributed by atoms with Gasteiger partial charge in [0.25, 0.3) is 0 Å². The van der Waals surface area contributed by atoms with Gasteiger partial charge in [0.05, 0.1) is 6.57 Å². The molecule has 0 aromatic heterocycles. The maximum Gasteiger partial charge on any atom is 0.187 e. The first kappa shape index (κ1) is 15.5. The van der Waals surface area contributed by atoms with Crippen LogP contribution in [0.2, 0.25) is 0 Å². The van der Waals surface area contributed by atoms with Crippen LogP contribution < -0.4 is 0 Å². The number of ketones is 1. The molecule has 0 N–H and O–H groups in total. The van der Waals surface area contributed by atoms with E-state index >= 15 is 0 Å². The fraction of sp³-hybridized carbons (Fsp3) is 0.300. The number of Topliss-reactive ketones (excluding diaryl/α,β-unsaturated/α-hetero) is 1. The van der Waals surface area contributed by atoms with Crippen molar-refractivity contribution in [2.75, 3.05) is 13.1 Å². The summed E-state index contributed by atoms with van der Waals surface area (Å²) < 4.78 is 0. The van der Waals surface area contributed by atoms with E-state index in [1.165, 1.54) is 5.56 Å². The number of carbonyl (C=O) groups excluding carboxylic acids is 1. The summed E-state index contributed by atoms with van der Waals surface area (Å²) in [5, 5.41) is 0. The molecule has 1 heterocycles. The molecule has 23 heavy (non-hydrogen) atoms. The number of nitrogens with zero attached hydrogens (tertiary/aromatic N) is 2. The predicted molar refractivity (Wildman–Crippen MR) is 91.5 cm³/mol. The van der Waals surface area contributed by atoms with Gasteiger partial charge in [-0.1, -0.05) is 54.6 Å². The normalized spacial score (nSPS) is 18.3. The Balaban J connectivity index is 1.65. The molecular weight excluding hydrogens is 284 g/mol. The Labute approximate surface area is 137 Å². The first-order valence-corrected chi connectivity index (χ1v) is 8.04. The van der Waals surface area contributed by atoms with Crippen LogP contribution in [-0.2, 0) is 6.54 Å². The zero-order valence-corrected chi connectivity index (χ0v) is 13.1. The predicted octanol–water partition coefficient (Wildman–Crippen LogP) is 4.33. The second kappa shape index (κ2) is 7.21. The maximum atomic E-state index is 12.7. The highest BCUT2D eigenvalue weighted by molar-refractivity contribution is 5.98. The summed E-state index contributed by atoms with van der Waals surface area (Å²) in [6.07, 6.45) is 2.01. The molecule has 2 aromatic carbocycles. The molecule has 116 valence electrons. The van der Waals surface area contributed by atoms with Gasteiger partial charge in [0.1, 0.15) is 0 Å². The smallest absolute Gasteiger partial charge is 0.187 e. The molecule has 3 heteroatoms. The highest BCUT2D eigenvalue weighted by Crippen LogP contribution is 2.23. The van der Waals surface area contributed by atoms with Crippen molar-refractivity contribution in [2.45, 2.75) is 19.4 Å². The van der Waals surface area contributed by atoms with Gasteiger partial charge in [0, 0.05) is 24.6 Å². The Kier molecular flexibility index (Phi) is 4.85. The van der Waals surface area contributed by atoms with Crippen LogP contribution in [0.3, 0.4) is 0 Å². The molecule has 0 spiro atoms. The third-order valence-corrected chi connectivity index (χ3v) is 4.41. The van der Waals surface area contributed by atoms with Crippen molar-refractivity contribution < 1.29 is 4.79 Å². The number of likely N-dealkylation sites (tertiary alicyclic amines) is 1. The van der Waals surface area contributed by atoms with Crippen LogP contribution in [0.1, 0.15) is 28.8 Å². The second-order valence-electron chi connectivity index (χ2n) is 6.08. The molecule has 3 rings (SSSR count). The molecule has 1 aliphatic rings. The fourth-order valence-corrected chi connectivity index (χ4v) is 3.19. The quantitative estimate of drug-likeness (QED) is 0.620. The van der Waals surface area contributed by atoms with Crippen LogP contribution in [0.4, 0.5) is 5.69 Å². The van der Waals surface area contributed by atoms with Crippen molar-refractivity contribution in [3.8, 4) is 0 Å². The molecule has 0 aliphatic carbocycles. The minimum atomic E-state index is 0.0613. The summed E-state index contributed by atoms with van der Waals surface area (Å²) in [5.74, 6) is 0.269. The first-order valence-electron chi connectivity index (χ1n) is 8.04. The van der Waals surface area contributed by atoms with Gasteiger partial charge in [-0.25, -0.2) is 4.85 Å². The van der Waals surface area contributed by atoms with E-state index in [9.17, 15) is 4.79 Å². The van der Waals surface area contributed by atoms with Crippen molar-refractivity contribution in [1.82, 2.24) is 4.90 Å². The Bertz CT molecular complexity index is 701. The van der Waals surface area contributed by atoms with E-state index in [2.05, 4.69) is 34.0 Å². The van der Waals surface area contributed by atoms with Crippen LogP contribution in [0, 0.1) is 12.5 Å². The van der Waals surface area contributed by atoms with Gasteiger partial charge >= 0.3 is 0 Å². The van der Waals surface area contributed by atoms with Crippen molar-refractivity contribution in [3.63, 3.8) is 0 Å². The van der Waals surface area contributed by atoms with Crippen LogP contribution >= 0.6 is 0 Å². The second-order valence-corrected chi connectivity index (χ2v) is 6.08. The molecular formula is C20H20N2O. The Morgan fingerprint density at radius 2 is 1.87 bits per heavy atom. The summed E-state index contributed by atoms with van der Waals surface area (Å²) in [7, 11) is 0. The molecule has 0 amide bonds. The van der Waals surface area contributed by atoms with Crippen LogP contribution in [0.5, 0.6) is 0 Å². The van der Waals surface area contributed by atoms with Gasteiger partial charge in [-0.2, -0.15) is 0 Å². The van der Waals surface area contributed by atoms with E-state index in [0.29, 0.717) is 5.69 Å². The minimum Gasteiger partial charge on any atom is -0.298 e. The molecule has 3 nitrogen and oxygen atoms in total. The van der Waals surface area contributed by atoms with E-state index in [1.807, 2.05) is 6.07 Å². The molecule has 1 saturated heterocycles. The summed E-state index contributed by atoms with van der Waals surface area (Å²) in [6, 6.07) is 17.4. The van der Waals surface area contributed by atoms with Gasteiger partial charge in [-0.15, -0.1) is 0 Å². The topological polar surface area (TPSA) is 24.7 Å². The highest BCUT2D eigenvalue weighted by atomic mass is 16.1. The molecule has 1 atom stereocenters. The molecule has 1 aliphatic heterocycles. The molecule has 1 unspecified atom stereocenters. The lowest BCUT2D eigenvalue weighted by Crippen LogP contribution is -2.38. The monoisotopic (exact) mass is 304 g/mol. The summed E-state index contributed by atoms with van der Waals surface area (Å²) >= 11 is 0. The fourth-order valence-electron chi connectivity index (χ4n) is 3.19. The van der Waals surface area contributed by atoms with Gasteiger partial charge in [-0.05, 0) is 24.9 Å². The molecule has 0 radical (unpaired) electrons. The molecule has 2 aromatic rings. The highest BCUT2D eigenvalue weighted by Gasteiger charge is 2.26. The van der Waals surface area contributed by atoms with Gasteiger partial charge < -0.3 is 0 Å². The zero-order chi connectivity index (χ0) is 16.1. The number of benzene rings is 2. The maximum absolute atomic E-state index is 12.7. The lowest BCUT2D eigenvalue weighted by atomic mass is 9.89. The summed E-state index contributed by atoms with van der Waals surface area (Å²) in [5.41, 5.74) is 2.60. The summed E-state index contributed by atoms with van der Waals surface area (Å²) in [6.45, 7) is 9.76. The number of piperidine rings is 1. The third-order valence-electron chi connectivity index (χ3n) is 4.41. The van der Waals surface area contributed by atoms with E-state index in [-0.39, 0.29) is 11.7 Å². The average Bonchev–Trinajstić information content (AvgIpc) is 2.62. The Hall–Kier alpha value is -2.44. The SMILES string of the molecule is [C-]#[N+]c1ccc(C(=O)C2CCCN(Cc3ccccc3)C2)cc1. The van der Waals surface area contributed by atoms with Crippen molar-refractivity contribution in [2.24, 2.45) is 5.92 Å². The number of rotatable bonds is 4. The van der Waals surface area contributed by atoms with Gasteiger partial charge in [0.15, 0.2) is 11.5 Å². The number of hydrogen-bond acceptors (Lipinski definition) is 2. The van der Waals surface area contributed by atoms with Crippen LogP contribution in [-0.4, -0.2) is 23.8 Å². The average molecular weight is 304 g/mol. The van der Waals surface area contributed by atoms with E-state index in [0.717, 1.165) is 38.0 Å². The Morgan fingerprint density at radius 3 is 2.57 bits per heavy atom. The standard InChI is InChI=1S/C20H20N2O/c1-21-19-11-9-17(10-12-19)20(23)18-8-5-13-22(15-18)14-16-6-3-2-4-7-16/h2-4,6-7,9-12,18H,5,8,13-15H2. The lowest BCUT2D eigenvalue weighted by molar-refractivity contribution is 0.0811. The van der Waals surface area contributed by atoms with Crippen molar-refractivity contribution >= 4 is 11.5 Å². The lowest BCUT2D eigenvalue weighted by Gasteiger charge is -2.32. The third kappa shape index (κ3) is 3.85. The Morgan fingerprint density at radius 1 is 1.13 bits per heavy atom. The van der Waals surface area contributed by atoms with Crippen molar-refractivity contribution in [3.05, 3.63) is 77.1 Å². The van der Waals surface area contributed by atoms with E-state index < -0.39 is 0 Å². The largest absolute Gasteiger partial charge is 0.298 e. The minimum absolute atomic E-state index is 0.0613. The van der Waals surface area contributed by atoms with E-state index in [4.69, 9.17) is 6.57 Å². The molecule has 0 saturated carbocycles. The molecule has 0 bridgehead atoms. The number of carbonyl (C=O) groups is 1. The zero-order valence-electron chi connectivity index (χ0n) is 13.1. The first-order chi connectivity index (χ1) is 11.3. The van der Waals surface area contributed by atoms with E-state index in [1.54, 1.807) is 24.3 Å². The summed E-state index contributed by atoms with van der Waals surface area (Å²) in [4.78, 5) is 18.4. The van der Waals surface area contributed by atoms with Gasteiger partial charge in [-0.3, -0.25) is 9.69 Å². The number of hydrogen-bond donors (Lipinski definition) is 0.